The SMILES string of the molecule is COc1ccc(C#N)cc1-c1cc(-c2ccc(C=O)cc2)c(-c2ccc(C=O)cc2)c(-c2ccc(C=O)cc2)c1-c1ccc(C=O)cc1. The molecule has 0 aliphatic heterocycles. The molecule has 0 unspecified atom stereocenters. The van der Waals surface area contributed by atoms with E-state index in [1.165, 1.54) is 0 Å². The van der Waals surface area contributed by atoms with E-state index in [2.05, 4.69) is 6.07 Å². The first-order valence-corrected chi connectivity index (χ1v) is 15.0. The zero-order chi connectivity index (χ0) is 33.6. The Morgan fingerprint density at radius 2 is 0.854 bits per heavy atom. The van der Waals surface area contributed by atoms with Crippen molar-refractivity contribution in [3.05, 3.63) is 149 Å². The van der Waals surface area contributed by atoms with Gasteiger partial charge in [0.2, 0.25) is 0 Å². The smallest absolute Gasteiger partial charge is 0.150 e. The molecule has 6 aromatic rings. The number of hydrogen-bond donors (Lipinski definition) is 0. The Morgan fingerprint density at radius 3 is 1.25 bits per heavy atom. The number of ether oxygens (including phenoxy) is 1. The fraction of sp³-hybridized carbons (Fsp3) is 0.0238. The molecule has 0 saturated carbocycles. The molecule has 0 bridgehead atoms. The summed E-state index contributed by atoms with van der Waals surface area (Å²) in [5.74, 6) is 0.548. The largest absolute Gasteiger partial charge is 0.496 e. The third-order valence-corrected chi connectivity index (χ3v) is 8.31. The lowest BCUT2D eigenvalue weighted by atomic mass is 9.78. The van der Waals surface area contributed by atoms with Crippen molar-refractivity contribution in [2.45, 2.75) is 0 Å². The van der Waals surface area contributed by atoms with E-state index in [1.54, 1.807) is 73.8 Å². The minimum Gasteiger partial charge on any atom is -0.496 e. The summed E-state index contributed by atoms with van der Waals surface area (Å²) >= 11 is 0. The molecule has 48 heavy (non-hydrogen) atoms. The molecule has 0 aliphatic rings. The fourth-order valence-corrected chi connectivity index (χ4v) is 5.93. The predicted octanol–water partition coefficient (Wildman–Crippen LogP) is 9.15. The van der Waals surface area contributed by atoms with E-state index in [1.807, 2.05) is 54.6 Å². The average Bonchev–Trinajstić information content (AvgIpc) is 3.17. The molecular formula is C42H27NO5. The van der Waals surface area contributed by atoms with E-state index < -0.39 is 0 Å². The summed E-state index contributed by atoms with van der Waals surface area (Å²) in [5.41, 5.74) is 10.4. The standard InChI is InChI=1S/C42H27NO5/c1-48-39-19-10-31(22-43)20-37(39)38-21-36(32-11-2-27(23-44)3-12-32)40(33-13-4-28(24-45)5-14-33)42(35-17-8-30(26-47)9-18-35)41(38)34-15-6-29(25-46)7-16-34/h2-21,23-26H,1H3. The second kappa shape index (κ2) is 13.7. The van der Waals surface area contributed by atoms with E-state index in [0.29, 0.717) is 39.1 Å². The van der Waals surface area contributed by atoms with Crippen molar-refractivity contribution in [2.24, 2.45) is 0 Å². The maximum Gasteiger partial charge on any atom is 0.150 e. The number of aldehydes is 4. The van der Waals surface area contributed by atoms with Crippen LogP contribution in [-0.4, -0.2) is 32.3 Å². The van der Waals surface area contributed by atoms with Crippen LogP contribution in [0.25, 0.3) is 55.6 Å². The summed E-state index contributed by atoms with van der Waals surface area (Å²) < 4.78 is 5.85. The van der Waals surface area contributed by atoms with Crippen LogP contribution >= 0.6 is 0 Å². The minimum atomic E-state index is 0.440. The summed E-state index contributed by atoms with van der Waals surface area (Å²) in [6, 6.07) is 38.6. The molecule has 6 nitrogen and oxygen atoms in total. The Balaban J connectivity index is 1.87. The second-order valence-corrected chi connectivity index (χ2v) is 11.1. The van der Waals surface area contributed by atoms with Crippen LogP contribution in [0.15, 0.2) is 121 Å². The van der Waals surface area contributed by atoms with Crippen LogP contribution in [0.4, 0.5) is 0 Å². The van der Waals surface area contributed by atoms with Gasteiger partial charge in [-0.1, -0.05) is 97.1 Å². The summed E-state index contributed by atoms with van der Waals surface area (Å²) in [7, 11) is 1.57. The summed E-state index contributed by atoms with van der Waals surface area (Å²) in [5, 5.41) is 9.91. The number of nitrogens with zero attached hydrogens (tertiary/aromatic N) is 1. The molecule has 6 rings (SSSR count). The Morgan fingerprint density at radius 1 is 0.458 bits per heavy atom. The predicted molar refractivity (Wildman–Crippen MR) is 186 cm³/mol. The van der Waals surface area contributed by atoms with Crippen molar-refractivity contribution in [1.82, 2.24) is 0 Å². The number of benzene rings is 6. The van der Waals surface area contributed by atoms with Crippen molar-refractivity contribution in [3.8, 4) is 67.5 Å². The van der Waals surface area contributed by atoms with Gasteiger partial charge < -0.3 is 4.74 Å². The highest BCUT2D eigenvalue weighted by Gasteiger charge is 2.25. The van der Waals surface area contributed by atoms with Gasteiger partial charge in [0.1, 0.15) is 30.9 Å². The summed E-state index contributed by atoms with van der Waals surface area (Å²) in [4.78, 5) is 46.6. The number of rotatable bonds is 10. The third kappa shape index (κ3) is 5.96. The van der Waals surface area contributed by atoms with Crippen LogP contribution < -0.4 is 4.74 Å². The van der Waals surface area contributed by atoms with Gasteiger partial charge in [0.05, 0.1) is 18.7 Å². The van der Waals surface area contributed by atoms with E-state index in [9.17, 15) is 24.4 Å². The maximum atomic E-state index is 11.7. The van der Waals surface area contributed by atoms with Crippen molar-refractivity contribution < 1.29 is 23.9 Å². The molecule has 230 valence electrons. The van der Waals surface area contributed by atoms with Gasteiger partial charge in [-0.05, 0) is 74.3 Å². The zero-order valence-corrected chi connectivity index (χ0v) is 25.8. The molecule has 0 spiro atoms. The normalized spacial score (nSPS) is 10.5. The number of hydrogen-bond acceptors (Lipinski definition) is 6. The maximum absolute atomic E-state index is 11.7. The molecule has 6 aromatic carbocycles. The molecule has 0 saturated heterocycles. The molecule has 0 amide bonds. The zero-order valence-electron chi connectivity index (χ0n) is 25.8. The van der Waals surface area contributed by atoms with Crippen molar-refractivity contribution >= 4 is 25.1 Å². The van der Waals surface area contributed by atoms with Crippen LogP contribution in [0, 0.1) is 11.3 Å². The van der Waals surface area contributed by atoms with Gasteiger partial charge in [0, 0.05) is 27.8 Å². The quantitative estimate of drug-likeness (QED) is 0.141. The highest BCUT2D eigenvalue weighted by Crippen LogP contribution is 2.51. The lowest BCUT2D eigenvalue weighted by molar-refractivity contribution is 0.111. The number of carbonyl (C=O) groups is 4. The Kier molecular flexibility index (Phi) is 8.95. The topological polar surface area (TPSA) is 101 Å². The molecule has 6 heteroatoms. The van der Waals surface area contributed by atoms with Gasteiger partial charge >= 0.3 is 0 Å². The number of methoxy groups -OCH3 is 1. The second-order valence-electron chi connectivity index (χ2n) is 11.1. The number of nitriles is 1. The van der Waals surface area contributed by atoms with Gasteiger partial charge in [-0.25, -0.2) is 0 Å². The summed E-state index contributed by atoms with van der Waals surface area (Å²) in [6.45, 7) is 0. The van der Waals surface area contributed by atoms with E-state index in [0.717, 1.165) is 75.2 Å². The van der Waals surface area contributed by atoms with Crippen molar-refractivity contribution in [3.63, 3.8) is 0 Å². The van der Waals surface area contributed by atoms with Crippen molar-refractivity contribution in [1.29, 1.82) is 5.26 Å². The molecular weight excluding hydrogens is 598 g/mol. The molecule has 0 heterocycles. The Bertz CT molecular complexity index is 2210. The third-order valence-electron chi connectivity index (χ3n) is 8.31. The van der Waals surface area contributed by atoms with E-state index in [-0.39, 0.29) is 0 Å². The van der Waals surface area contributed by atoms with Crippen LogP contribution in [-0.2, 0) is 0 Å². The summed E-state index contributed by atoms with van der Waals surface area (Å²) in [6.07, 6.45) is 3.16. The number of carbonyl (C=O) groups excluding carboxylic acids is 4. The van der Waals surface area contributed by atoms with Crippen LogP contribution in [0.3, 0.4) is 0 Å². The highest BCUT2D eigenvalue weighted by atomic mass is 16.5. The Hall–Kier alpha value is -6.71. The first-order valence-electron chi connectivity index (χ1n) is 15.0. The molecule has 0 aromatic heterocycles. The minimum absolute atomic E-state index is 0.440. The van der Waals surface area contributed by atoms with Gasteiger partial charge in [-0.15, -0.1) is 0 Å². The van der Waals surface area contributed by atoms with Crippen LogP contribution in [0.1, 0.15) is 47.0 Å². The van der Waals surface area contributed by atoms with Gasteiger partial charge in [0.15, 0.2) is 0 Å². The molecule has 0 N–H and O–H groups in total. The monoisotopic (exact) mass is 625 g/mol. The fourth-order valence-electron chi connectivity index (χ4n) is 5.93. The lowest BCUT2D eigenvalue weighted by Gasteiger charge is -2.25. The molecule has 0 aliphatic carbocycles. The lowest BCUT2D eigenvalue weighted by Crippen LogP contribution is -2.00. The highest BCUT2D eigenvalue weighted by molar-refractivity contribution is 6.08. The first-order chi connectivity index (χ1) is 23.5. The molecule has 0 radical (unpaired) electrons. The van der Waals surface area contributed by atoms with E-state index in [4.69, 9.17) is 4.74 Å². The van der Waals surface area contributed by atoms with E-state index >= 15 is 0 Å². The van der Waals surface area contributed by atoms with Crippen LogP contribution in [0.2, 0.25) is 0 Å². The average molecular weight is 626 g/mol. The molecule has 0 atom stereocenters. The Labute approximate surface area is 277 Å². The molecule has 0 fully saturated rings. The van der Waals surface area contributed by atoms with Gasteiger partial charge in [-0.2, -0.15) is 5.26 Å². The first kappa shape index (κ1) is 31.3. The van der Waals surface area contributed by atoms with Crippen molar-refractivity contribution in [2.75, 3.05) is 7.11 Å². The van der Waals surface area contributed by atoms with Gasteiger partial charge in [-0.3, -0.25) is 19.2 Å². The van der Waals surface area contributed by atoms with Gasteiger partial charge in [0.25, 0.3) is 0 Å². The van der Waals surface area contributed by atoms with Crippen LogP contribution in [0.5, 0.6) is 5.75 Å².